The number of hydrogen-bond acceptors (Lipinski definition) is 6. The highest BCUT2D eigenvalue weighted by molar-refractivity contribution is 7.87. The Morgan fingerprint density at radius 1 is 0.959 bits per heavy atom. The summed E-state index contributed by atoms with van der Waals surface area (Å²) in [4.78, 5) is 32.1. The molecule has 3 aliphatic carbocycles. The SMILES string of the molecule is COc1ccc2c(c1)CC(NC(=O)N1CC3(CC3)N(C)C3(CC3)C1)Cn1c-2c(C2CCCCC2)c2ccc(C(=O)NS(=O)(=O)N(C)C)cc21. The molecule has 8 rings (SSSR count). The summed E-state index contributed by atoms with van der Waals surface area (Å²) in [7, 11) is 2.74. The van der Waals surface area contributed by atoms with Gasteiger partial charge in [0.2, 0.25) is 0 Å². The van der Waals surface area contributed by atoms with Crippen molar-refractivity contribution in [3.05, 3.63) is 53.1 Å². The molecule has 2 spiro atoms. The molecule has 3 heterocycles. The fourth-order valence-electron chi connectivity index (χ4n) is 8.98. The van der Waals surface area contributed by atoms with Crippen LogP contribution in [-0.2, 0) is 23.2 Å². The molecule has 3 saturated carbocycles. The maximum atomic E-state index is 14.2. The second-order valence-electron chi connectivity index (χ2n) is 15.4. The molecule has 11 nitrogen and oxygen atoms in total. The van der Waals surface area contributed by atoms with Gasteiger partial charge in [0.05, 0.1) is 18.8 Å². The molecule has 1 unspecified atom stereocenters. The monoisotopic (exact) mass is 688 g/mol. The number of nitrogens with zero attached hydrogens (tertiary/aromatic N) is 4. The van der Waals surface area contributed by atoms with Crippen molar-refractivity contribution in [3.63, 3.8) is 0 Å². The average molecular weight is 689 g/mol. The number of nitrogens with one attached hydrogen (secondary N) is 2. The Morgan fingerprint density at radius 2 is 1.65 bits per heavy atom. The minimum Gasteiger partial charge on any atom is -0.497 e. The fraction of sp³-hybridized carbons (Fsp3) is 0.568. The molecule has 2 N–H and O–H groups in total. The van der Waals surface area contributed by atoms with E-state index >= 15 is 0 Å². The second kappa shape index (κ2) is 11.7. The standard InChI is InChI=1S/C37H48N6O5S/c1-40(2)49(46,47)39-34(44)25-10-12-30-31(20-25)43-21-27(38-35(45)42-22-36(14-15-36)41(3)37(23-42)16-17-37)18-26-19-28(48-4)11-13-29(26)33(43)32(30)24-8-6-5-7-9-24/h10-13,19-20,24,27H,5-9,14-18,21-23H2,1-4H3,(H,38,45)(H,39,44). The number of ether oxygens (including phenoxy) is 1. The Hall–Kier alpha value is -3.61. The van der Waals surface area contributed by atoms with Gasteiger partial charge in [0, 0.05) is 66.8 Å². The zero-order valence-electron chi connectivity index (χ0n) is 29.0. The summed E-state index contributed by atoms with van der Waals surface area (Å²) < 4.78 is 36.3. The highest BCUT2D eigenvalue weighted by Crippen LogP contribution is 2.56. The first-order valence-corrected chi connectivity index (χ1v) is 19.3. The number of fused-ring (bicyclic) bond motifs is 5. The number of hydrogen-bond donors (Lipinski definition) is 2. The van der Waals surface area contributed by atoms with Crippen LogP contribution in [0.4, 0.5) is 4.79 Å². The summed E-state index contributed by atoms with van der Waals surface area (Å²) in [5.41, 5.74) is 6.03. The zero-order valence-corrected chi connectivity index (χ0v) is 29.9. The number of likely N-dealkylation sites (N-methyl/N-ethyl adjacent to an activating group) is 1. The van der Waals surface area contributed by atoms with Crippen molar-refractivity contribution in [3.8, 4) is 17.0 Å². The minimum absolute atomic E-state index is 0.0125. The molecule has 2 aliphatic heterocycles. The van der Waals surface area contributed by atoms with Gasteiger partial charge in [-0.25, -0.2) is 9.52 Å². The predicted octanol–water partition coefficient (Wildman–Crippen LogP) is 4.85. The minimum atomic E-state index is -3.96. The van der Waals surface area contributed by atoms with E-state index < -0.39 is 16.1 Å². The van der Waals surface area contributed by atoms with Crippen LogP contribution in [0.15, 0.2) is 36.4 Å². The fourth-order valence-corrected chi connectivity index (χ4v) is 9.51. The first kappa shape index (κ1) is 32.6. The molecular weight excluding hydrogens is 641 g/mol. The number of amides is 3. The number of methoxy groups -OCH3 is 1. The van der Waals surface area contributed by atoms with Gasteiger partial charge >= 0.3 is 16.2 Å². The number of benzene rings is 2. The van der Waals surface area contributed by atoms with Crippen LogP contribution in [-0.4, -0.2) is 97.5 Å². The first-order valence-electron chi connectivity index (χ1n) is 17.8. The Morgan fingerprint density at radius 3 is 2.29 bits per heavy atom. The quantitative estimate of drug-likeness (QED) is 0.383. The predicted molar refractivity (Wildman–Crippen MR) is 189 cm³/mol. The average Bonchev–Trinajstić information content (AvgIpc) is 4.02. The highest BCUT2D eigenvalue weighted by atomic mass is 32.2. The zero-order chi connectivity index (χ0) is 34.3. The van der Waals surface area contributed by atoms with Gasteiger partial charge in [-0.3, -0.25) is 9.69 Å². The summed E-state index contributed by atoms with van der Waals surface area (Å²) in [6.07, 6.45) is 10.9. The van der Waals surface area contributed by atoms with Crippen molar-refractivity contribution in [2.75, 3.05) is 41.3 Å². The molecule has 2 aromatic carbocycles. The maximum Gasteiger partial charge on any atom is 0.317 e. The van der Waals surface area contributed by atoms with Crippen LogP contribution < -0.4 is 14.8 Å². The van der Waals surface area contributed by atoms with Crippen LogP contribution in [0.1, 0.15) is 85.2 Å². The van der Waals surface area contributed by atoms with Gasteiger partial charge in [0.25, 0.3) is 5.91 Å². The number of rotatable bonds is 6. The largest absolute Gasteiger partial charge is 0.497 e. The van der Waals surface area contributed by atoms with Crippen LogP contribution in [0.3, 0.4) is 0 Å². The number of urea groups is 1. The summed E-state index contributed by atoms with van der Waals surface area (Å²) in [5, 5.41) is 4.55. The van der Waals surface area contributed by atoms with E-state index in [9.17, 15) is 18.0 Å². The number of carbonyl (C=O) groups excluding carboxylic acids is 2. The second-order valence-corrected chi connectivity index (χ2v) is 17.3. The molecular formula is C37H48N6O5S. The Balaban J connectivity index is 1.22. The summed E-state index contributed by atoms with van der Waals surface area (Å²) >= 11 is 0. The van der Waals surface area contributed by atoms with Crippen molar-refractivity contribution < 1.29 is 22.7 Å². The van der Waals surface area contributed by atoms with Gasteiger partial charge in [-0.05, 0) is 99.4 Å². The molecule has 3 amide bonds. The molecule has 0 radical (unpaired) electrons. The van der Waals surface area contributed by atoms with Crippen LogP contribution in [0.5, 0.6) is 5.75 Å². The lowest BCUT2D eigenvalue weighted by Crippen LogP contribution is -2.63. The van der Waals surface area contributed by atoms with E-state index in [1.165, 1.54) is 38.9 Å². The third kappa shape index (κ3) is 5.60. The Kier molecular flexibility index (Phi) is 7.80. The van der Waals surface area contributed by atoms with Crippen LogP contribution in [0.2, 0.25) is 0 Å². The summed E-state index contributed by atoms with van der Waals surface area (Å²) in [6.45, 7) is 2.03. The lowest BCUT2D eigenvalue weighted by Gasteiger charge is -2.46. The third-order valence-corrected chi connectivity index (χ3v) is 13.6. The summed E-state index contributed by atoms with van der Waals surface area (Å²) in [5.74, 6) is 0.461. The van der Waals surface area contributed by atoms with Crippen molar-refractivity contribution in [1.29, 1.82) is 0 Å². The van der Waals surface area contributed by atoms with Gasteiger partial charge < -0.3 is 19.5 Å². The van der Waals surface area contributed by atoms with E-state index in [4.69, 9.17) is 4.74 Å². The van der Waals surface area contributed by atoms with Gasteiger partial charge in [-0.1, -0.05) is 25.3 Å². The van der Waals surface area contributed by atoms with Crippen LogP contribution in [0, 0.1) is 0 Å². The lowest BCUT2D eigenvalue weighted by molar-refractivity contribution is 0.0322. The van der Waals surface area contributed by atoms with Gasteiger partial charge in [0.15, 0.2) is 0 Å². The number of carbonyl (C=O) groups is 2. The molecule has 12 heteroatoms. The first-order chi connectivity index (χ1) is 23.4. The molecule has 1 atom stereocenters. The molecule has 3 aromatic rings. The number of piperazine rings is 1. The van der Waals surface area contributed by atoms with E-state index in [0.29, 0.717) is 18.9 Å². The van der Waals surface area contributed by atoms with E-state index in [-0.39, 0.29) is 28.7 Å². The normalized spacial score (nSPS) is 22.9. The molecule has 49 heavy (non-hydrogen) atoms. The Labute approximate surface area is 289 Å². The van der Waals surface area contributed by atoms with Crippen LogP contribution in [0.25, 0.3) is 22.2 Å². The molecule has 1 aromatic heterocycles. The smallest absolute Gasteiger partial charge is 0.317 e. The van der Waals surface area contributed by atoms with Gasteiger partial charge in [0.1, 0.15) is 5.75 Å². The maximum absolute atomic E-state index is 14.2. The highest BCUT2D eigenvalue weighted by Gasteiger charge is 2.63. The van der Waals surface area contributed by atoms with Gasteiger partial charge in [-0.15, -0.1) is 0 Å². The lowest BCUT2D eigenvalue weighted by atomic mass is 9.81. The molecule has 1 saturated heterocycles. The Bertz CT molecular complexity index is 1920. The van der Waals surface area contributed by atoms with E-state index in [2.05, 4.69) is 43.6 Å². The van der Waals surface area contributed by atoms with E-state index in [1.54, 1.807) is 13.2 Å². The van der Waals surface area contributed by atoms with Crippen molar-refractivity contribution >= 4 is 33.1 Å². The van der Waals surface area contributed by atoms with Crippen LogP contribution >= 0.6 is 0 Å². The van der Waals surface area contributed by atoms with Crippen molar-refractivity contribution in [2.45, 2.75) is 93.8 Å². The molecule has 5 aliphatic rings. The summed E-state index contributed by atoms with van der Waals surface area (Å²) in [6, 6.07) is 11.6. The molecule has 4 fully saturated rings. The topological polar surface area (TPSA) is 116 Å². The third-order valence-electron chi connectivity index (χ3n) is 12.2. The van der Waals surface area contributed by atoms with Crippen molar-refractivity contribution in [1.82, 2.24) is 28.7 Å². The van der Waals surface area contributed by atoms with E-state index in [0.717, 1.165) is 89.4 Å². The van der Waals surface area contributed by atoms with Gasteiger partial charge in [-0.2, -0.15) is 12.7 Å². The molecule has 262 valence electrons. The number of aromatic nitrogens is 1. The van der Waals surface area contributed by atoms with E-state index in [1.807, 2.05) is 18.2 Å². The molecule has 0 bridgehead atoms. The van der Waals surface area contributed by atoms with Crippen molar-refractivity contribution in [2.24, 2.45) is 0 Å².